The van der Waals surface area contributed by atoms with E-state index in [2.05, 4.69) is 16.7 Å². The number of carbonyl (C=O) groups excluding carboxylic acids is 5. The molecule has 4 saturated heterocycles. The number of ether oxygens (including phenoxy) is 2. The molecule has 0 spiro atoms. The summed E-state index contributed by atoms with van der Waals surface area (Å²) in [7, 11) is -5.80. The van der Waals surface area contributed by atoms with Crippen molar-refractivity contribution in [3.63, 3.8) is 0 Å². The third-order valence-corrected chi connectivity index (χ3v) is 15.2. The lowest BCUT2D eigenvalue weighted by Gasteiger charge is -2.36. The van der Waals surface area contributed by atoms with Crippen molar-refractivity contribution in [3.05, 3.63) is 94.4 Å². The minimum absolute atomic E-state index is 0.126. The molecule has 1 aromatic heterocycles. The van der Waals surface area contributed by atoms with Gasteiger partial charge >= 0.3 is 13.3 Å². The second-order valence-corrected chi connectivity index (χ2v) is 20.1. The second-order valence-electron chi connectivity index (χ2n) is 17.4. The van der Waals surface area contributed by atoms with Crippen LogP contribution in [0.25, 0.3) is 10.1 Å². The van der Waals surface area contributed by atoms with Crippen molar-refractivity contribution in [2.45, 2.75) is 99.8 Å². The van der Waals surface area contributed by atoms with Crippen LogP contribution in [0.3, 0.4) is 0 Å². The highest BCUT2D eigenvalue weighted by atomic mass is 32.1. The van der Waals surface area contributed by atoms with E-state index in [1.165, 1.54) is 12.1 Å². The van der Waals surface area contributed by atoms with Crippen LogP contribution in [0.1, 0.15) is 102 Å². The third-order valence-electron chi connectivity index (χ3n) is 13.1. The van der Waals surface area contributed by atoms with Gasteiger partial charge in [-0.2, -0.15) is 14.0 Å². The van der Waals surface area contributed by atoms with Gasteiger partial charge in [0.25, 0.3) is 5.91 Å². The van der Waals surface area contributed by atoms with Crippen molar-refractivity contribution < 1.29 is 56.6 Å². The molecule has 348 valence electrons. The zero-order chi connectivity index (χ0) is 46.8. The van der Waals surface area contributed by atoms with Gasteiger partial charge < -0.3 is 34.4 Å². The molecule has 4 N–H and O–H groups in total. The maximum absolute atomic E-state index is 14.4. The summed E-state index contributed by atoms with van der Waals surface area (Å²) in [6, 6.07) is 19.8. The van der Waals surface area contributed by atoms with Crippen LogP contribution in [0.2, 0.25) is 0 Å². The molecule has 66 heavy (non-hydrogen) atoms. The summed E-state index contributed by atoms with van der Waals surface area (Å²) in [4.78, 5) is 87.7. The minimum Gasteiger partial charge on any atom is -0.494 e. The first-order valence-corrected chi connectivity index (χ1v) is 24.6. The Bertz CT molecular complexity index is 2600. The minimum atomic E-state index is -5.80. The summed E-state index contributed by atoms with van der Waals surface area (Å²) < 4.78 is 52.7. The Morgan fingerprint density at radius 2 is 1.64 bits per heavy atom. The molecule has 1 unspecified atom stereocenters. The number of unbranched alkanes of at least 4 members (excludes halogenated alkanes) is 1. The quantitative estimate of drug-likeness (QED) is 0.0594. The van der Waals surface area contributed by atoms with E-state index in [1.807, 2.05) is 48.5 Å². The molecule has 15 nitrogen and oxygen atoms in total. The van der Waals surface area contributed by atoms with Crippen molar-refractivity contribution in [2.75, 3.05) is 26.3 Å². The monoisotopic (exact) mass is 945 g/mol. The molecule has 5 heterocycles. The number of fused-ring (bicyclic) bond motifs is 2. The normalized spacial score (nSPS) is 23.7. The van der Waals surface area contributed by atoms with Crippen molar-refractivity contribution >= 4 is 58.6 Å². The highest BCUT2D eigenvalue weighted by molar-refractivity contribution is 7.52. The van der Waals surface area contributed by atoms with Gasteiger partial charge in [0.15, 0.2) is 0 Å². The first-order chi connectivity index (χ1) is 31.6. The predicted molar refractivity (Wildman–Crippen MR) is 238 cm³/mol. The van der Waals surface area contributed by atoms with E-state index >= 15 is 0 Å². The number of amides is 5. The van der Waals surface area contributed by atoms with Crippen molar-refractivity contribution in [1.82, 2.24) is 20.4 Å². The standard InChI is InChI=1S/C47H50F2N5O10PS/c48-47(49,65(60,61)62)32-12-18-40-30(22-32)24-41(66-40)44(57)51-38-9-2-1-7-33-13-17-39(54(33)45(38)58)46(59)53-26-31(25-50)37(27-53)29-6-5-8-35(23-29)64-21-4-3-20-63-34-14-10-28(11-15-34)36-16-19-42(55)52-43(36)56/h5-6,8,10-12,14-15,18,22-24,31,33,36-39H,1-4,7,9,13,16-17,19-21,26-27H2,(H,51,57)(H,52,55,56)(H2,60,61,62)/t31-,33+,36?,37+,38+,39+/m1/s1. The van der Waals surface area contributed by atoms with Gasteiger partial charge in [0.2, 0.25) is 23.6 Å². The van der Waals surface area contributed by atoms with Crippen molar-refractivity contribution in [3.8, 4) is 17.6 Å². The molecule has 0 radical (unpaired) electrons. The van der Waals surface area contributed by atoms with Gasteiger partial charge in [-0.15, -0.1) is 11.3 Å². The largest absolute Gasteiger partial charge is 0.494 e. The number of likely N-dealkylation sites (tertiary alicyclic amines) is 1. The second kappa shape index (κ2) is 19.6. The van der Waals surface area contributed by atoms with Crippen LogP contribution in [-0.4, -0.2) is 93.6 Å². The summed E-state index contributed by atoms with van der Waals surface area (Å²) >= 11 is 0.994. The molecule has 0 saturated carbocycles. The Morgan fingerprint density at radius 3 is 2.36 bits per heavy atom. The van der Waals surface area contributed by atoms with Crippen LogP contribution in [0.15, 0.2) is 72.8 Å². The zero-order valence-electron chi connectivity index (χ0n) is 35.9. The number of hydrogen-bond acceptors (Lipinski definition) is 10. The molecule has 8 rings (SSSR count). The van der Waals surface area contributed by atoms with Gasteiger partial charge in [-0.05, 0) is 104 Å². The molecule has 5 amide bonds. The highest BCUT2D eigenvalue weighted by Crippen LogP contribution is 2.59. The summed E-state index contributed by atoms with van der Waals surface area (Å²) in [5.74, 6) is -1.57. The highest BCUT2D eigenvalue weighted by Gasteiger charge is 2.51. The summed E-state index contributed by atoms with van der Waals surface area (Å²) in [5.41, 5.74) is -3.60. The van der Waals surface area contributed by atoms with Crippen LogP contribution < -0.4 is 20.1 Å². The number of nitrogens with one attached hydrogen (secondary N) is 2. The molecule has 4 fully saturated rings. The maximum atomic E-state index is 14.4. The van der Waals surface area contributed by atoms with Gasteiger partial charge in [0.05, 0.1) is 36.0 Å². The molecule has 4 aliphatic rings. The van der Waals surface area contributed by atoms with Crippen LogP contribution in [0, 0.1) is 17.2 Å². The van der Waals surface area contributed by atoms with Crippen LogP contribution in [0.5, 0.6) is 11.5 Å². The number of carbonyl (C=O) groups is 5. The number of halogens is 2. The number of imide groups is 1. The van der Waals surface area contributed by atoms with Gasteiger partial charge in [-0.3, -0.25) is 33.9 Å². The lowest BCUT2D eigenvalue weighted by molar-refractivity contribution is -0.146. The van der Waals surface area contributed by atoms with Crippen LogP contribution in [0.4, 0.5) is 8.78 Å². The number of nitrogens with zero attached hydrogens (tertiary/aromatic N) is 3. The number of alkyl halides is 2. The van der Waals surface area contributed by atoms with Crippen LogP contribution in [-0.2, 0) is 29.4 Å². The fourth-order valence-corrected chi connectivity index (χ4v) is 11.0. The number of hydrogen-bond donors (Lipinski definition) is 4. The lowest BCUT2D eigenvalue weighted by Crippen LogP contribution is -2.56. The number of thiophene rings is 1. The topological polar surface area (TPSA) is 216 Å². The average Bonchev–Trinajstić information content (AvgIpc) is 4.05. The van der Waals surface area contributed by atoms with E-state index in [-0.39, 0.29) is 64.9 Å². The molecule has 4 aromatic rings. The molecule has 0 aliphatic carbocycles. The zero-order valence-corrected chi connectivity index (χ0v) is 37.6. The smallest absolute Gasteiger partial charge is 0.399 e. The molecular weight excluding hydrogens is 896 g/mol. The number of benzene rings is 3. The first-order valence-electron chi connectivity index (χ1n) is 22.2. The van der Waals surface area contributed by atoms with Gasteiger partial charge in [0, 0.05) is 41.7 Å². The van der Waals surface area contributed by atoms with E-state index in [9.17, 15) is 52.4 Å². The fraction of sp³-hybridized carbons (Fsp3) is 0.447. The Morgan fingerprint density at radius 1 is 0.894 bits per heavy atom. The lowest BCUT2D eigenvalue weighted by atomic mass is 9.90. The molecular formula is C47H50F2N5O10PS. The van der Waals surface area contributed by atoms with E-state index in [0.717, 1.165) is 47.4 Å². The predicted octanol–water partition coefficient (Wildman–Crippen LogP) is 6.68. The summed E-state index contributed by atoms with van der Waals surface area (Å²) in [6.07, 6.45) is 5.77. The maximum Gasteiger partial charge on any atom is 0.399 e. The van der Waals surface area contributed by atoms with E-state index in [4.69, 9.17) is 9.47 Å². The van der Waals surface area contributed by atoms with Gasteiger partial charge in [0.1, 0.15) is 23.6 Å². The van der Waals surface area contributed by atoms with Gasteiger partial charge in [-0.1, -0.05) is 43.2 Å². The molecule has 4 aliphatic heterocycles. The molecule has 6 atom stereocenters. The Balaban J connectivity index is 0.847. The fourth-order valence-electron chi connectivity index (χ4n) is 9.54. The Kier molecular flexibility index (Phi) is 13.9. The summed E-state index contributed by atoms with van der Waals surface area (Å²) in [5, 5.41) is 15.6. The molecule has 0 bridgehead atoms. The molecule has 19 heteroatoms. The number of nitriles is 1. The third kappa shape index (κ3) is 10.00. The van der Waals surface area contributed by atoms with Gasteiger partial charge in [-0.25, -0.2) is 0 Å². The SMILES string of the molecule is N#C[C@@H]1CN(C(=O)[C@@H]2CC[C@@H]3CCCC[C@H](NC(=O)c4cc5cc(C(F)(F)P(=O)(O)O)ccc5s4)C(=O)N32)C[C@H]1c1cccc(OCCCCOc2ccc(C3CCC(=O)NC3=O)cc2)c1. The van der Waals surface area contributed by atoms with Crippen molar-refractivity contribution in [2.24, 2.45) is 5.92 Å². The average molecular weight is 946 g/mol. The molecule has 3 aromatic carbocycles. The number of piperidine rings is 1. The first kappa shape index (κ1) is 46.8. The Hall–Kier alpha value is -5.73. The van der Waals surface area contributed by atoms with E-state index < -0.39 is 42.7 Å². The van der Waals surface area contributed by atoms with E-state index in [1.54, 1.807) is 9.80 Å². The van der Waals surface area contributed by atoms with Crippen LogP contribution >= 0.6 is 18.9 Å². The van der Waals surface area contributed by atoms with Crippen molar-refractivity contribution in [1.29, 1.82) is 5.26 Å². The number of rotatable bonds is 14. The Labute approximate surface area is 383 Å². The van der Waals surface area contributed by atoms with E-state index in [0.29, 0.717) is 80.8 Å². The summed E-state index contributed by atoms with van der Waals surface area (Å²) in [6.45, 7) is 1.37.